The fourth-order valence-corrected chi connectivity index (χ4v) is 5.33. The molecule has 0 saturated carbocycles. The third kappa shape index (κ3) is 5.05. The number of ether oxygens (including phenoxy) is 5. The fraction of sp³-hybridized carbons (Fsp3) is 0.429. The summed E-state index contributed by atoms with van der Waals surface area (Å²) in [6, 6.07) is 15.9. The first-order valence-corrected chi connectivity index (χ1v) is 12.5. The van der Waals surface area contributed by atoms with Crippen LogP contribution in [-0.4, -0.2) is 68.1 Å². The molecule has 0 bridgehead atoms. The largest absolute Gasteiger partial charge is 0.376 e. The topological polar surface area (TPSA) is 71.9 Å². The average molecular weight is 511 g/mol. The minimum absolute atomic E-state index is 0.0169. The number of methoxy groups -OCH3 is 3. The van der Waals surface area contributed by atoms with Crippen LogP contribution in [0.3, 0.4) is 0 Å². The van der Waals surface area contributed by atoms with E-state index in [2.05, 4.69) is 23.2 Å². The molecule has 36 heavy (non-hydrogen) atoms. The fourth-order valence-electron chi connectivity index (χ4n) is 5.20. The lowest BCUT2D eigenvalue weighted by molar-refractivity contribution is -0.314. The summed E-state index contributed by atoms with van der Waals surface area (Å²) in [6.07, 6.45) is 1.75. The second-order valence-electron chi connectivity index (χ2n) is 9.23. The molecule has 7 nitrogen and oxygen atoms in total. The Labute approximate surface area is 216 Å². The summed E-state index contributed by atoms with van der Waals surface area (Å²) in [4.78, 5) is 9.24. The molecular formula is C28H31ClN2O5. The second kappa shape index (κ2) is 10.9. The van der Waals surface area contributed by atoms with Crippen LogP contribution in [0.2, 0.25) is 5.02 Å². The number of hydrogen-bond acceptors (Lipinski definition) is 7. The van der Waals surface area contributed by atoms with E-state index < -0.39 is 6.29 Å². The van der Waals surface area contributed by atoms with Gasteiger partial charge in [0, 0.05) is 43.7 Å². The Morgan fingerprint density at radius 1 is 0.833 bits per heavy atom. The number of hydrogen-bond donors (Lipinski definition) is 0. The molecule has 1 unspecified atom stereocenters. The van der Waals surface area contributed by atoms with Gasteiger partial charge in [0.25, 0.3) is 0 Å². The van der Waals surface area contributed by atoms with E-state index in [0.717, 1.165) is 29.7 Å². The normalized spacial score (nSPS) is 27.7. The first-order valence-electron chi connectivity index (χ1n) is 12.1. The highest BCUT2D eigenvalue weighted by Gasteiger charge is 2.47. The van der Waals surface area contributed by atoms with Gasteiger partial charge in [-0.2, -0.15) is 0 Å². The Morgan fingerprint density at radius 3 is 2.25 bits per heavy atom. The molecule has 0 radical (unpaired) electrons. The maximum absolute atomic E-state index is 6.45. The highest BCUT2D eigenvalue weighted by atomic mass is 35.5. The molecule has 1 aliphatic carbocycles. The minimum Gasteiger partial charge on any atom is -0.376 e. The molecule has 6 atom stereocenters. The third-order valence-electron chi connectivity index (χ3n) is 7.03. The first-order chi connectivity index (χ1) is 17.5. The Morgan fingerprint density at radius 2 is 1.53 bits per heavy atom. The van der Waals surface area contributed by atoms with Crippen LogP contribution in [-0.2, 0) is 36.5 Å². The standard InChI is InChI=1S/C28H31ClN2O5/c1-16-24(32-2)25(33-3)26(34-4)28(35-16)36-22-14-18-5-6-19(13-20(18)15-22)23-11-12-30-27(31-23)17-7-9-21(29)10-8-17/h5-13,16,22,24-26,28H,14-15H2,1-4H3/t16-,22?,24-,25+,26+,28-/m0/s1. The van der Waals surface area contributed by atoms with Crippen LogP contribution in [0, 0.1) is 0 Å². The van der Waals surface area contributed by atoms with Crippen molar-refractivity contribution < 1.29 is 23.7 Å². The summed E-state index contributed by atoms with van der Waals surface area (Å²) in [7, 11) is 4.97. The van der Waals surface area contributed by atoms with Crippen LogP contribution in [0.15, 0.2) is 54.7 Å². The highest BCUT2D eigenvalue weighted by molar-refractivity contribution is 6.30. The zero-order valence-corrected chi connectivity index (χ0v) is 21.6. The molecule has 1 fully saturated rings. The number of benzene rings is 2. The highest BCUT2D eigenvalue weighted by Crippen LogP contribution is 2.33. The van der Waals surface area contributed by atoms with Crippen LogP contribution in [0.25, 0.3) is 22.6 Å². The maximum atomic E-state index is 6.45. The molecule has 8 heteroatoms. The van der Waals surface area contributed by atoms with E-state index in [4.69, 9.17) is 40.3 Å². The zero-order chi connectivity index (χ0) is 25.2. The molecule has 2 heterocycles. The van der Waals surface area contributed by atoms with Crippen molar-refractivity contribution >= 4 is 11.6 Å². The Kier molecular flexibility index (Phi) is 7.67. The quantitative estimate of drug-likeness (QED) is 0.454. The van der Waals surface area contributed by atoms with Gasteiger partial charge in [0.1, 0.15) is 18.3 Å². The Bertz CT molecular complexity index is 1190. The molecule has 3 aromatic rings. The van der Waals surface area contributed by atoms with Crippen molar-refractivity contribution in [1.29, 1.82) is 0 Å². The maximum Gasteiger partial charge on any atom is 0.187 e. The summed E-state index contributed by atoms with van der Waals surface area (Å²) in [5.41, 5.74) is 5.37. The molecular weight excluding hydrogens is 480 g/mol. The second-order valence-corrected chi connectivity index (χ2v) is 9.67. The molecule has 2 aromatic carbocycles. The number of aromatic nitrogens is 2. The lowest BCUT2D eigenvalue weighted by Gasteiger charge is -2.44. The molecule has 190 valence electrons. The van der Waals surface area contributed by atoms with E-state index in [1.807, 2.05) is 37.3 Å². The molecule has 1 aliphatic heterocycles. The van der Waals surface area contributed by atoms with Gasteiger partial charge in [-0.25, -0.2) is 9.97 Å². The molecule has 0 spiro atoms. The van der Waals surface area contributed by atoms with Crippen molar-refractivity contribution in [3.8, 4) is 22.6 Å². The summed E-state index contributed by atoms with van der Waals surface area (Å²) in [5, 5.41) is 0.687. The van der Waals surface area contributed by atoms with Gasteiger partial charge >= 0.3 is 0 Å². The van der Waals surface area contributed by atoms with Gasteiger partial charge in [0.15, 0.2) is 12.1 Å². The van der Waals surface area contributed by atoms with Gasteiger partial charge in [-0.3, -0.25) is 0 Å². The van der Waals surface area contributed by atoms with Crippen molar-refractivity contribution in [1.82, 2.24) is 9.97 Å². The zero-order valence-electron chi connectivity index (χ0n) is 20.9. The van der Waals surface area contributed by atoms with E-state index in [0.29, 0.717) is 10.8 Å². The predicted octanol–water partition coefficient (Wildman–Crippen LogP) is 4.74. The molecule has 0 amide bonds. The lowest BCUT2D eigenvalue weighted by Crippen LogP contribution is -2.59. The van der Waals surface area contributed by atoms with E-state index >= 15 is 0 Å². The molecule has 0 N–H and O–H groups in total. The van der Waals surface area contributed by atoms with Crippen molar-refractivity contribution in [3.63, 3.8) is 0 Å². The van der Waals surface area contributed by atoms with Gasteiger partial charge in [0.05, 0.1) is 17.9 Å². The van der Waals surface area contributed by atoms with Crippen molar-refractivity contribution in [2.45, 2.75) is 56.6 Å². The van der Waals surface area contributed by atoms with Crippen molar-refractivity contribution in [2.24, 2.45) is 0 Å². The summed E-state index contributed by atoms with van der Waals surface area (Å²) in [5.74, 6) is 0.669. The Balaban J connectivity index is 1.31. The van der Waals surface area contributed by atoms with E-state index in [1.54, 1.807) is 27.5 Å². The molecule has 2 aliphatic rings. The van der Waals surface area contributed by atoms with Crippen LogP contribution >= 0.6 is 11.6 Å². The molecule has 5 rings (SSSR count). The number of halogens is 1. The van der Waals surface area contributed by atoms with Crippen LogP contribution < -0.4 is 0 Å². The van der Waals surface area contributed by atoms with Gasteiger partial charge in [-0.1, -0.05) is 23.7 Å². The summed E-state index contributed by atoms with van der Waals surface area (Å²) >= 11 is 6.03. The molecule has 1 aromatic heterocycles. The average Bonchev–Trinajstić information content (AvgIpc) is 3.30. The number of rotatable bonds is 7. The molecule has 1 saturated heterocycles. The van der Waals surface area contributed by atoms with Gasteiger partial charge < -0.3 is 23.7 Å². The number of nitrogens with zero attached hydrogens (tertiary/aromatic N) is 2. The predicted molar refractivity (Wildman–Crippen MR) is 137 cm³/mol. The van der Waals surface area contributed by atoms with Crippen LogP contribution in [0.1, 0.15) is 18.1 Å². The SMILES string of the molecule is CO[C@@H]1[C@@H](OC)[C@H](C)O[C@@H](OC2Cc3ccc(-c4ccnc(-c5ccc(Cl)cc5)n4)cc3C2)[C@@H]1OC. The minimum atomic E-state index is -0.538. The van der Waals surface area contributed by atoms with Crippen molar-refractivity contribution in [2.75, 3.05) is 21.3 Å². The number of fused-ring (bicyclic) bond motifs is 1. The monoisotopic (exact) mass is 510 g/mol. The van der Waals surface area contributed by atoms with Crippen LogP contribution in [0.4, 0.5) is 0 Å². The Hall–Kier alpha value is -2.39. The van der Waals surface area contributed by atoms with E-state index in [9.17, 15) is 0 Å². The summed E-state index contributed by atoms with van der Waals surface area (Å²) < 4.78 is 29.7. The van der Waals surface area contributed by atoms with Gasteiger partial charge in [0.2, 0.25) is 0 Å². The van der Waals surface area contributed by atoms with E-state index in [-0.39, 0.29) is 30.5 Å². The first kappa shape index (κ1) is 25.3. The van der Waals surface area contributed by atoms with E-state index in [1.165, 1.54) is 11.1 Å². The third-order valence-corrected chi connectivity index (χ3v) is 7.28. The van der Waals surface area contributed by atoms with Gasteiger partial charge in [-0.15, -0.1) is 0 Å². The van der Waals surface area contributed by atoms with Crippen LogP contribution in [0.5, 0.6) is 0 Å². The van der Waals surface area contributed by atoms with Gasteiger partial charge in [-0.05, 0) is 67.3 Å². The smallest absolute Gasteiger partial charge is 0.187 e. The summed E-state index contributed by atoms with van der Waals surface area (Å²) in [6.45, 7) is 1.97. The van der Waals surface area contributed by atoms with Crippen molar-refractivity contribution in [3.05, 3.63) is 70.9 Å². The lowest BCUT2D eigenvalue weighted by atomic mass is 9.99.